The molecular formula is C15H14ClNO3S. The molecule has 2 rings (SSSR count). The highest BCUT2D eigenvalue weighted by Crippen LogP contribution is 2.10. The molecule has 21 heavy (non-hydrogen) atoms. The lowest BCUT2D eigenvalue weighted by molar-refractivity contribution is -0.144. The number of nitrogens with one attached hydrogen (secondary N) is 1. The van der Waals surface area contributed by atoms with Crippen LogP contribution in [-0.2, 0) is 16.1 Å². The summed E-state index contributed by atoms with van der Waals surface area (Å²) in [5.41, 5.74) is 0.871. The molecule has 1 N–H and O–H groups in total. The Labute approximate surface area is 131 Å². The molecule has 0 aliphatic rings. The molecule has 1 aromatic carbocycles. The van der Waals surface area contributed by atoms with Crippen LogP contribution in [0.15, 0.2) is 41.8 Å². The molecule has 0 spiro atoms. The quantitative estimate of drug-likeness (QED) is 0.830. The van der Waals surface area contributed by atoms with Gasteiger partial charge in [-0.3, -0.25) is 9.59 Å². The number of esters is 1. The van der Waals surface area contributed by atoms with E-state index in [9.17, 15) is 9.59 Å². The molecule has 0 saturated heterocycles. The molecule has 1 amide bonds. The summed E-state index contributed by atoms with van der Waals surface area (Å²) in [6.07, 6.45) is 0.144. The Bertz CT molecular complexity index is 596. The van der Waals surface area contributed by atoms with E-state index in [1.807, 2.05) is 5.38 Å². The van der Waals surface area contributed by atoms with Crippen LogP contribution in [0.1, 0.15) is 21.7 Å². The first-order chi connectivity index (χ1) is 10.1. The van der Waals surface area contributed by atoms with Crippen LogP contribution in [0.5, 0.6) is 0 Å². The van der Waals surface area contributed by atoms with Crippen LogP contribution >= 0.6 is 22.9 Å². The highest BCUT2D eigenvalue weighted by atomic mass is 35.5. The zero-order chi connectivity index (χ0) is 15.1. The van der Waals surface area contributed by atoms with E-state index < -0.39 is 0 Å². The summed E-state index contributed by atoms with van der Waals surface area (Å²) in [5.74, 6) is -0.521. The third-order valence-corrected chi connectivity index (χ3v) is 3.79. The van der Waals surface area contributed by atoms with Gasteiger partial charge in [0.05, 0.1) is 11.3 Å². The van der Waals surface area contributed by atoms with E-state index in [2.05, 4.69) is 5.32 Å². The van der Waals surface area contributed by atoms with Crippen LogP contribution < -0.4 is 5.32 Å². The molecule has 0 aliphatic heterocycles. The number of hydrogen-bond acceptors (Lipinski definition) is 4. The minimum absolute atomic E-state index is 0.144. The maximum absolute atomic E-state index is 11.6. The first kappa shape index (κ1) is 15.5. The zero-order valence-corrected chi connectivity index (χ0v) is 12.7. The molecule has 0 radical (unpaired) electrons. The Morgan fingerprint density at radius 3 is 2.62 bits per heavy atom. The van der Waals surface area contributed by atoms with Gasteiger partial charge in [0, 0.05) is 11.6 Å². The monoisotopic (exact) mass is 323 g/mol. The Morgan fingerprint density at radius 1 is 1.19 bits per heavy atom. The highest BCUT2D eigenvalue weighted by Gasteiger charge is 2.08. The van der Waals surface area contributed by atoms with Gasteiger partial charge < -0.3 is 10.1 Å². The van der Waals surface area contributed by atoms with E-state index in [-0.39, 0.29) is 31.4 Å². The van der Waals surface area contributed by atoms with Crippen molar-refractivity contribution in [1.82, 2.24) is 5.32 Å². The standard InChI is InChI=1S/C15H14ClNO3S/c16-12-5-3-11(4-6-12)10-20-14(18)7-8-17-15(19)13-2-1-9-21-13/h1-6,9H,7-8,10H2,(H,17,19). The number of carbonyl (C=O) groups is 2. The van der Waals surface area contributed by atoms with Crippen molar-refractivity contribution in [2.45, 2.75) is 13.0 Å². The molecule has 6 heteroatoms. The molecule has 0 atom stereocenters. The molecule has 0 fully saturated rings. The summed E-state index contributed by atoms with van der Waals surface area (Å²) in [5, 5.41) is 5.14. The van der Waals surface area contributed by atoms with E-state index in [1.54, 1.807) is 36.4 Å². The number of rotatable bonds is 6. The van der Waals surface area contributed by atoms with Crippen molar-refractivity contribution in [2.75, 3.05) is 6.54 Å². The van der Waals surface area contributed by atoms with Gasteiger partial charge in [0.1, 0.15) is 6.61 Å². The summed E-state index contributed by atoms with van der Waals surface area (Å²) >= 11 is 7.13. The molecule has 1 heterocycles. The minimum atomic E-state index is -0.351. The summed E-state index contributed by atoms with van der Waals surface area (Å²) in [7, 11) is 0. The lowest BCUT2D eigenvalue weighted by atomic mass is 10.2. The largest absolute Gasteiger partial charge is 0.461 e. The normalized spacial score (nSPS) is 10.1. The fourth-order valence-electron chi connectivity index (χ4n) is 1.59. The van der Waals surface area contributed by atoms with Crippen LogP contribution in [0.4, 0.5) is 0 Å². The predicted octanol–water partition coefficient (Wildman–Crippen LogP) is 3.26. The molecule has 1 aromatic heterocycles. The third kappa shape index (κ3) is 5.21. The van der Waals surface area contributed by atoms with Gasteiger partial charge >= 0.3 is 5.97 Å². The number of hydrogen-bond donors (Lipinski definition) is 1. The average Bonchev–Trinajstić information content (AvgIpc) is 3.01. The highest BCUT2D eigenvalue weighted by molar-refractivity contribution is 7.12. The van der Waals surface area contributed by atoms with Crippen LogP contribution in [-0.4, -0.2) is 18.4 Å². The Hall–Kier alpha value is -1.85. The average molecular weight is 324 g/mol. The predicted molar refractivity (Wildman–Crippen MR) is 82.5 cm³/mol. The van der Waals surface area contributed by atoms with Gasteiger partial charge in [-0.15, -0.1) is 11.3 Å². The van der Waals surface area contributed by atoms with Crippen molar-refractivity contribution < 1.29 is 14.3 Å². The van der Waals surface area contributed by atoms with Gasteiger partial charge in [-0.05, 0) is 29.1 Å². The lowest BCUT2D eigenvalue weighted by Crippen LogP contribution is -2.25. The van der Waals surface area contributed by atoms with Gasteiger partial charge in [0.2, 0.25) is 0 Å². The topological polar surface area (TPSA) is 55.4 Å². The van der Waals surface area contributed by atoms with Crippen molar-refractivity contribution in [3.05, 3.63) is 57.2 Å². The minimum Gasteiger partial charge on any atom is -0.461 e. The molecule has 4 nitrogen and oxygen atoms in total. The first-order valence-corrected chi connectivity index (χ1v) is 7.62. The van der Waals surface area contributed by atoms with Crippen LogP contribution in [0.2, 0.25) is 5.02 Å². The summed E-state index contributed by atoms with van der Waals surface area (Å²) in [6, 6.07) is 10.6. The Balaban J connectivity index is 1.66. The number of carbonyl (C=O) groups excluding carboxylic acids is 2. The fraction of sp³-hybridized carbons (Fsp3) is 0.200. The maximum atomic E-state index is 11.6. The molecule has 110 valence electrons. The number of thiophene rings is 1. The molecule has 2 aromatic rings. The Kier molecular flexibility index (Phi) is 5.78. The molecular weight excluding hydrogens is 310 g/mol. The van der Waals surface area contributed by atoms with E-state index in [0.29, 0.717) is 9.90 Å². The first-order valence-electron chi connectivity index (χ1n) is 6.37. The van der Waals surface area contributed by atoms with Crippen LogP contribution in [0, 0.1) is 0 Å². The van der Waals surface area contributed by atoms with Crippen molar-refractivity contribution in [3.63, 3.8) is 0 Å². The molecule has 0 aliphatic carbocycles. The number of benzene rings is 1. The second kappa shape index (κ2) is 7.81. The summed E-state index contributed by atoms with van der Waals surface area (Å²) < 4.78 is 5.11. The number of ether oxygens (including phenoxy) is 1. The van der Waals surface area contributed by atoms with E-state index >= 15 is 0 Å². The van der Waals surface area contributed by atoms with Gasteiger partial charge in [-0.1, -0.05) is 29.8 Å². The Morgan fingerprint density at radius 2 is 1.95 bits per heavy atom. The zero-order valence-electron chi connectivity index (χ0n) is 11.2. The summed E-state index contributed by atoms with van der Waals surface area (Å²) in [4.78, 5) is 23.8. The molecule has 0 bridgehead atoms. The second-order valence-electron chi connectivity index (χ2n) is 4.27. The maximum Gasteiger partial charge on any atom is 0.307 e. The summed E-state index contributed by atoms with van der Waals surface area (Å²) in [6.45, 7) is 0.463. The lowest BCUT2D eigenvalue weighted by Gasteiger charge is -2.06. The molecule has 0 unspecified atom stereocenters. The van der Waals surface area contributed by atoms with Crippen molar-refractivity contribution in [2.24, 2.45) is 0 Å². The van der Waals surface area contributed by atoms with Crippen molar-refractivity contribution in [3.8, 4) is 0 Å². The van der Waals surface area contributed by atoms with Gasteiger partial charge in [0.15, 0.2) is 0 Å². The molecule has 0 saturated carbocycles. The van der Waals surface area contributed by atoms with E-state index in [1.165, 1.54) is 11.3 Å². The van der Waals surface area contributed by atoms with Gasteiger partial charge in [-0.2, -0.15) is 0 Å². The van der Waals surface area contributed by atoms with Crippen molar-refractivity contribution >= 4 is 34.8 Å². The second-order valence-corrected chi connectivity index (χ2v) is 5.65. The number of halogens is 1. The van der Waals surface area contributed by atoms with Crippen LogP contribution in [0.25, 0.3) is 0 Å². The van der Waals surface area contributed by atoms with E-state index in [0.717, 1.165) is 5.56 Å². The van der Waals surface area contributed by atoms with Gasteiger partial charge in [-0.25, -0.2) is 0 Å². The number of amides is 1. The fourth-order valence-corrected chi connectivity index (χ4v) is 2.36. The van der Waals surface area contributed by atoms with E-state index in [4.69, 9.17) is 16.3 Å². The SMILES string of the molecule is O=C(CCNC(=O)c1cccs1)OCc1ccc(Cl)cc1. The smallest absolute Gasteiger partial charge is 0.307 e. The van der Waals surface area contributed by atoms with Gasteiger partial charge in [0.25, 0.3) is 5.91 Å². The van der Waals surface area contributed by atoms with Crippen molar-refractivity contribution in [1.29, 1.82) is 0 Å². The third-order valence-electron chi connectivity index (χ3n) is 2.67. The van der Waals surface area contributed by atoms with Crippen LogP contribution in [0.3, 0.4) is 0 Å².